The van der Waals surface area contributed by atoms with Crippen molar-refractivity contribution in [2.45, 2.75) is 38.1 Å². The van der Waals surface area contributed by atoms with Crippen molar-refractivity contribution in [1.29, 1.82) is 0 Å². The first-order valence-corrected chi connectivity index (χ1v) is 11.6. The molecule has 0 unspecified atom stereocenters. The van der Waals surface area contributed by atoms with Crippen LogP contribution in [0.5, 0.6) is 0 Å². The van der Waals surface area contributed by atoms with Crippen LogP contribution in [0.4, 0.5) is 11.5 Å². The second-order valence-electron chi connectivity index (χ2n) is 9.27. The summed E-state index contributed by atoms with van der Waals surface area (Å²) in [6.45, 7) is 18.3. The lowest BCUT2D eigenvalue weighted by Crippen LogP contribution is -2.57. The van der Waals surface area contributed by atoms with Gasteiger partial charge in [-0.3, -0.25) is 4.98 Å². The molecule has 7 nitrogen and oxygen atoms in total. The lowest BCUT2D eigenvalue weighted by Gasteiger charge is -2.48. The number of fused-ring (bicyclic) bond motifs is 1. The van der Waals surface area contributed by atoms with Crippen molar-refractivity contribution in [3.05, 3.63) is 70.7 Å². The Hall–Kier alpha value is -2.92. The molecule has 1 aromatic carbocycles. The van der Waals surface area contributed by atoms with Crippen LogP contribution in [0.15, 0.2) is 37.0 Å². The molecular weight excluding hydrogens is 416 g/mol. The molecule has 1 spiro atoms. The minimum absolute atomic E-state index is 0.180. The second-order valence-corrected chi connectivity index (χ2v) is 9.27. The molecule has 0 radical (unpaired) electrons. The number of piperidine rings is 1. The van der Waals surface area contributed by atoms with E-state index in [4.69, 9.17) is 16.0 Å². The quantitative estimate of drug-likeness (QED) is 0.720. The Morgan fingerprint density at radius 1 is 1.24 bits per heavy atom. The van der Waals surface area contributed by atoms with Gasteiger partial charge < -0.3 is 24.4 Å². The largest absolute Gasteiger partial charge is 0.489 e. The Morgan fingerprint density at radius 3 is 2.79 bits per heavy atom. The zero-order valence-corrected chi connectivity index (χ0v) is 19.1. The van der Waals surface area contributed by atoms with Gasteiger partial charge in [0.15, 0.2) is 0 Å². The summed E-state index contributed by atoms with van der Waals surface area (Å²) < 4.78 is 11.9. The number of aliphatic hydroxyl groups is 1. The van der Waals surface area contributed by atoms with Crippen LogP contribution in [0.3, 0.4) is 0 Å². The molecule has 2 saturated heterocycles. The maximum atomic E-state index is 11.0. The number of rotatable bonds is 4. The number of aliphatic hydroxyl groups excluding tert-OH is 1. The van der Waals surface area contributed by atoms with Crippen molar-refractivity contribution >= 4 is 17.3 Å². The summed E-state index contributed by atoms with van der Waals surface area (Å²) in [5.74, 6) is 1.62. The van der Waals surface area contributed by atoms with Gasteiger partial charge in [0.05, 0.1) is 24.9 Å². The summed E-state index contributed by atoms with van der Waals surface area (Å²) in [5.41, 5.74) is 4.66. The summed E-state index contributed by atoms with van der Waals surface area (Å²) in [6, 6.07) is 7.78. The van der Waals surface area contributed by atoms with Crippen molar-refractivity contribution in [2.24, 2.45) is 0 Å². The zero-order valence-electron chi connectivity index (χ0n) is 19.1. The van der Waals surface area contributed by atoms with Gasteiger partial charge in [-0.15, -0.1) is 0 Å². The third-order valence-electron chi connectivity index (χ3n) is 7.32. The van der Waals surface area contributed by atoms with E-state index >= 15 is 0 Å². The first-order valence-electron chi connectivity index (χ1n) is 11.6. The lowest BCUT2D eigenvalue weighted by atomic mass is 9.88. The lowest BCUT2D eigenvalue weighted by molar-refractivity contribution is -0.0944. The molecule has 5 rings (SSSR count). The topological polar surface area (TPSA) is 62.4 Å². The van der Waals surface area contributed by atoms with E-state index in [1.165, 1.54) is 0 Å². The van der Waals surface area contributed by atoms with Crippen LogP contribution in [0, 0.1) is 13.5 Å². The van der Waals surface area contributed by atoms with Crippen molar-refractivity contribution in [3.8, 4) is 0 Å². The molecule has 0 saturated carbocycles. The van der Waals surface area contributed by atoms with Crippen LogP contribution in [0.1, 0.15) is 41.2 Å². The Labute approximate surface area is 195 Å². The van der Waals surface area contributed by atoms with Crippen molar-refractivity contribution < 1.29 is 14.6 Å². The van der Waals surface area contributed by atoms with Crippen molar-refractivity contribution in [1.82, 2.24) is 9.88 Å². The average molecular weight is 447 g/mol. The Kier molecular flexibility index (Phi) is 5.83. The summed E-state index contributed by atoms with van der Waals surface area (Å²) in [6.07, 6.45) is 2.95. The van der Waals surface area contributed by atoms with Crippen LogP contribution in [-0.4, -0.2) is 59.9 Å². The molecule has 3 aliphatic rings. The van der Waals surface area contributed by atoms with E-state index in [1.807, 2.05) is 24.3 Å². The highest BCUT2D eigenvalue weighted by Gasteiger charge is 2.40. The van der Waals surface area contributed by atoms with Gasteiger partial charge in [0.2, 0.25) is 5.69 Å². The summed E-state index contributed by atoms with van der Waals surface area (Å²) in [7, 11) is 0. The van der Waals surface area contributed by atoms with Crippen LogP contribution in [0.2, 0.25) is 0 Å². The van der Waals surface area contributed by atoms with Crippen LogP contribution >= 0.6 is 0 Å². The Morgan fingerprint density at radius 2 is 2.06 bits per heavy atom. The number of hydrogen-bond donors (Lipinski definition) is 1. The van der Waals surface area contributed by atoms with Crippen molar-refractivity contribution in [2.75, 3.05) is 44.2 Å². The van der Waals surface area contributed by atoms with E-state index in [2.05, 4.69) is 33.1 Å². The van der Waals surface area contributed by atoms with E-state index in [0.29, 0.717) is 25.4 Å². The molecule has 2 fully saturated rings. The fraction of sp³-hybridized carbons (Fsp3) is 0.462. The molecule has 2 aromatic rings. The molecule has 3 aliphatic heterocycles. The number of nitrogens with zero attached hydrogens (tertiary/aromatic N) is 4. The number of benzene rings is 1. The number of morpholine rings is 1. The first kappa shape index (κ1) is 21.9. The fourth-order valence-corrected chi connectivity index (χ4v) is 5.28. The highest BCUT2D eigenvalue weighted by Crippen LogP contribution is 2.36. The summed E-state index contributed by atoms with van der Waals surface area (Å²) in [5, 5.41) is 11.0. The molecule has 7 heteroatoms. The second kappa shape index (κ2) is 8.79. The number of ether oxygens (including phenoxy) is 2. The molecule has 0 amide bonds. The Bertz CT molecular complexity index is 1080. The van der Waals surface area contributed by atoms with Gasteiger partial charge in [0.25, 0.3) is 0 Å². The maximum absolute atomic E-state index is 11.0. The van der Waals surface area contributed by atoms with Gasteiger partial charge in [0.1, 0.15) is 18.2 Å². The third-order valence-corrected chi connectivity index (χ3v) is 7.32. The minimum Gasteiger partial charge on any atom is -0.489 e. The predicted octanol–water partition coefficient (Wildman–Crippen LogP) is 3.85. The summed E-state index contributed by atoms with van der Waals surface area (Å²) in [4.78, 5) is 12.5. The highest BCUT2D eigenvalue weighted by atomic mass is 16.5. The van der Waals surface area contributed by atoms with Gasteiger partial charge in [-0.1, -0.05) is 24.8 Å². The van der Waals surface area contributed by atoms with E-state index < -0.39 is 6.10 Å². The number of hydrogen-bond acceptors (Lipinski definition) is 6. The standard InChI is InChI=1S/C26H30N4O3/c1-18-21(5-6-22-19(2)32-16-23(18)22)24(31)15-29-10-8-26(9-11-29)17-30(12-13-33-26)25-7-4-20(27-3)14-28-25/h4-7,14,24,31H,2,8-13,15-17H2,1H3/t24-/m0/s1. The van der Waals surface area contributed by atoms with Gasteiger partial charge in [-0.25, -0.2) is 4.85 Å². The fourth-order valence-electron chi connectivity index (χ4n) is 5.28. The number of likely N-dealkylation sites (tertiary alicyclic amines) is 1. The maximum Gasteiger partial charge on any atom is 0.205 e. The smallest absolute Gasteiger partial charge is 0.205 e. The minimum atomic E-state index is -0.535. The van der Waals surface area contributed by atoms with E-state index in [9.17, 15) is 5.11 Å². The monoisotopic (exact) mass is 446 g/mol. The zero-order chi connectivity index (χ0) is 23.0. The molecule has 172 valence electrons. The first-order chi connectivity index (χ1) is 16.0. The number of aromatic nitrogens is 1. The normalized spacial score (nSPS) is 20.9. The molecule has 0 aliphatic carbocycles. The average Bonchev–Trinajstić information content (AvgIpc) is 3.22. The Balaban J connectivity index is 1.20. The number of pyridine rings is 1. The molecule has 33 heavy (non-hydrogen) atoms. The van der Waals surface area contributed by atoms with Crippen LogP contribution < -0.4 is 4.90 Å². The number of anilines is 1. The molecule has 1 atom stereocenters. The highest BCUT2D eigenvalue weighted by molar-refractivity contribution is 5.66. The van der Waals surface area contributed by atoms with E-state index in [0.717, 1.165) is 72.9 Å². The molecule has 1 N–H and O–H groups in total. The SMILES string of the molecule is [C-]#[N+]c1ccc(N2CCOC3(CCN(C[C@H](O)c4ccc5c(c4C)COC5=C)CC3)C2)nc1. The molecule has 4 heterocycles. The van der Waals surface area contributed by atoms with Gasteiger partial charge in [0, 0.05) is 50.0 Å². The van der Waals surface area contributed by atoms with Crippen molar-refractivity contribution in [3.63, 3.8) is 0 Å². The summed E-state index contributed by atoms with van der Waals surface area (Å²) >= 11 is 0. The van der Waals surface area contributed by atoms with Gasteiger partial charge in [-0.2, -0.15) is 0 Å². The third kappa shape index (κ3) is 4.22. The van der Waals surface area contributed by atoms with E-state index in [1.54, 1.807) is 6.20 Å². The molecule has 0 bridgehead atoms. The van der Waals surface area contributed by atoms with Gasteiger partial charge >= 0.3 is 0 Å². The van der Waals surface area contributed by atoms with Crippen LogP contribution in [0.25, 0.3) is 10.6 Å². The number of β-amino-alcohol motifs (C(OH)–C–C–N with tert-alkyl or cyclic N) is 1. The molecular formula is C26H30N4O3. The van der Waals surface area contributed by atoms with Crippen LogP contribution in [-0.2, 0) is 16.1 Å². The van der Waals surface area contributed by atoms with E-state index in [-0.39, 0.29) is 5.60 Å². The van der Waals surface area contributed by atoms with Gasteiger partial charge in [-0.05, 0) is 37.0 Å². The molecule has 1 aromatic heterocycles. The predicted molar refractivity (Wildman–Crippen MR) is 127 cm³/mol.